The van der Waals surface area contributed by atoms with Crippen molar-refractivity contribution in [1.29, 1.82) is 0 Å². The molecule has 1 heterocycles. The maximum Gasteiger partial charge on any atom is 0.416 e. The molecule has 3 nitrogen and oxygen atoms in total. The Morgan fingerprint density at radius 1 is 1.06 bits per heavy atom. The highest BCUT2D eigenvalue weighted by Crippen LogP contribution is 2.50. The molecule has 0 radical (unpaired) electrons. The second-order valence-corrected chi connectivity index (χ2v) is 9.59. The van der Waals surface area contributed by atoms with Crippen LogP contribution in [0.3, 0.4) is 0 Å². The lowest BCUT2D eigenvalue weighted by Gasteiger charge is -2.31. The van der Waals surface area contributed by atoms with Crippen LogP contribution in [0.4, 0.5) is 17.6 Å². The van der Waals surface area contributed by atoms with E-state index in [1.54, 1.807) is 0 Å². The maximum atomic E-state index is 14.9. The molecule has 2 aromatic carbocycles. The van der Waals surface area contributed by atoms with Crippen LogP contribution in [0.2, 0.25) is 5.02 Å². The summed E-state index contributed by atoms with van der Waals surface area (Å²) >= 11 is 6.09. The van der Waals surface area contributed by atoms with Gasteiger partial charge in [-0.25, -0.2) is 4.39 Å². The van der Waals surface area contributed by atoms with Crippen molar-refractivity contribution in [3.05, 3.63) is 70.0 Å². The molecule has 3 rings (SSSR count). The van der Waals surface area contributed by atoms with Gasteiger partial charge >= 0.3 is 12.1 Å². The van der Waals surface area contributed by atoms with Crippen LogP contribution < -0.4 is 5.32 Å². The van der Waals surface area contributed by atoms with Gasteiger partial charge in [-0.15, -0.1) is 0 Å². The third kappa shape index (κ3) is 5.04. The number of rotatable bonds is 4. The van der Waals surface area contributed by atoms with Gasteiger partial charge in [-0.3, -0.25) is 4.79 Å². The number of hydrogen-bond donors (Lipinski definition) is 2. The molecular weight excluding hydrogens is 434 g/mol. The first-order valence-corrected chi connectivity index (χ1v) is 10.3. The molecule has 1 fully saturated rings. The molecule has 0 aromatic heterocycles. The SMILES string of the molecule is CC(C)(C)CC1NC(C(=O)O)C(c2ccccc2C(F)(F)F)C1c1cc(Cl)ccc1F. The van der Waals surface area contributed by atoms with Gasteiger partial charge in [0.25, 0.3) is 0 Å². The van der Waals surface area contributed by atoms with Gasteiger partial charge in [0.05, 0.1) is 5.56 Å². The monoisotopic (exact) mass is 457 g/mol. The molecule has 4 atom stereocenters. The van der Waals surface area contributed by atoms with Gasteiger partial charge in [-0.1, -0.05) is 50.6 Å². The molecule has 168 valence electrons. The van der Waals surface area contributed by atoms with Gasteiger partial charge in [0.1, 0.15) is 11.9 Å². The largest absolute Gasteiger partial charge is 0.480 e. The van der Waals surface area contributed by atoms with Crippen LogP contribution in [0.5, 0.6) is 0 Å². The Hall–Kier alpha value is -2.12. The van der Waals surface area contributed by atoms with E-state index in [9.17, 15) is 27.5 Å². The minimum absolute atomic E-state index is 0.111. The van der Waals surface area contributed by atoms with Crippen LogP contribution in [0.1, 0.15) is 55.7 Å². The van der Waals surface area contributed by atoms with Gasteiger partial charge in [-0.2, -0.15) is 13.2 Å². The summed E-state index contributed by atoms with van der Waals surface area (Å²) in [5, 5.41) is 13.1. The summed E-state index contributed by atoms with van der Waals surface area (Å²) in [6.45, 7) is 5.81. The van der Waals surface area contributed by atoms with Gasteiger partial charge in [0, 0.05) is 22.9 Å². The lowest BCUT2D eigenvalue weighted by molar-refractivity contribution is -0.141. The number of carbonyl (C=O) groups is 1. The summed E-state index contributed by atoms with van der Waals surface area (Å²) in [6.07, 6.45) is -4.25. The molecule has 8 heteroatoms. The fourth-order valence-electron chi connectivity index (χ4n) is 4.57. The van der Waals surface area contributed by atoms with E-state index in [-0.39, 0.29) is 21.6 Å². The molecule has 0 spiro atoms. The van der Waals surface area contributed by atoms with Crippen molar-refractivity contribution in [2.45, 2.75) is 57.3 Å². The number of hydrogen-bond acceptors (Lipinski definition) is 2. The number of halogens is 5. The molecule has 4 unspecified atom stereocenters. The summed E-state index contributed by atoms with van der Waals surface area (Å²) < 4.78 is 56.3. The third-order valence-electron chi connectivity index (χ3n) is 5.61. The lowest BCUT2D eigenvalue weighted by Crippen LogP contribution is -2.39. The highest BCUT2D eigenvalue weighted by molar-refractivity contribution is 6.30. The molecule has 1 saturated heterocycles. The minimum atomic E-state index is -4.68. The van der Waals surface area contributed by atoms with Crippen LogP contribution in [-0.4, -0.2) is 23.2 Å². The molecule has 1 aliphatic heterocycles. The summed E-state index contributed by atoms with van der Waals surface area (Å²) in [4.78, 5) is 12.1. The predicted octanol–water partition coefficient (Wildman–Crippen LogP) is 6.23. The van der Waals surface area contributed by atoms with Crippen molar-refractivity contribution in [3.8, 4) is 0 Å². The number of carboxylic acid groups (broad SMARTS) is 1. The molecule has 0 amide bonds. The zero-order valence-corrected chi connectivity index (χ0v) is 18.1. The van der Waals surface area contributed by atoms with Crippen molar-refractivity contribution in [2.75, 3.05) is 0 Å². The number of aliphatic carboxylic acids is 1. The molecule has 2 aromatic rings. The Kier molecular flexibility index (Phi) is 6.40. The first-order chi connectivity index (χ1) is 14.3. The molecule has 0 aliphatic carbocycles. The second-order valence-electron chi connectivity index (χ2n) is 9.16. The number of carboxylic acids is 1. The van der Waals surface area contributed by atoms with Crippen molar-refractivity contribution in [1.82, 2.24) is 5.32 Å². The highest BCUT2D eigenvalue weighted by atomic mass is 35.5. The number of nitrogens with one attached hydrogen (secondary N) is 1. The van der Waals surface area contributed by atoms with E-state index in [1.165, 1.54) is 30.3 Å². The summed E-state index contributed by atoms with van der Waals surface area (Å²) in [7, 11) is 0. The maximum absolute atomic E-state index is 14.9. The van der Waals surface area contributed by atoms with E-state index in [0.29, 0.717) is 6.42 Å². The molecule has 0 bridgehead atoms. The van der Waals surface area contributed by atoms with E-state index < -0.39 is 47.4 Å². The van der Waals surface area contributed by atoms with Crippen molar-refractivity contribution < 1.29 is 27.5 Å². The minimum Gasteiger partial charge on any atom is -0.480 e. The zero-order valence-electron chi connectivity index (χ0n) is 17.3. The molecule has 2 N–H and O–H groups in total. The standard InChI is InChI=1S/C23H24ClF4NO2/c1-22(2,3)11-17-18(14-10-12(24)8-9-16(14)25)19(20(29-17)21(30)31)13-6-4-5-7-15(13)23(26,27)28/h4-10,17-20,29H,11H2,1-3H3,(H,30,31). The fraction of sp³-hybridized carbons (Fsp3) is 0.435. The van der Waals surface area contributed by atoms with E-state index in [2.05, 4.69) is 5.32 Å². The Morgan fingerprint density at radius 3 is 2.29 bits per heavy atom. The Labute approximate surface area is 183 Å². The molecule has 0 saturated carbocycles. The van der Waals surface area contributed by atoms with Crippen LogP contribution in [-0.2, 0) is 11.0 Å². The van der Waals surface area contributed by atoms with Crippen molar-refractivity contribution in [2.24, 2.45) is 5.41 Å². The summed E-state index contributed by atoms with van der Waals surface area (Å²) in [5.41, 5.74) is -1.26. The summed E-state index contributed by atoms with van der Waals surface area (Å²) in [5.74, 6) is -3.92. The van der Waals surface area contributed by atoms with Gasteiger partial charge in [0.15, 0.2) is 0 Å². The summed E-state index contributed by atoms with van der Waals surface area (Å²) in [6, 6.07) is 6.91. The topological polar surface area (TPSA) is 49.3 Å². The van der Waals surface area contributed by atoms with E-state index in [1.807, 2.05) is 20.8 Å². The second kappa shape index (κ2) is 8.43. The van der Waals surface area contributed by atoms with Crippen LogP contribution in [0, 0.1) is 11.2 Å². The fourth-order valence-corrected chi connectivity index (χ4v) is 4.75. The first-order valence-electron chi connectivity index (χ1n) is 9.89. The van der Waals surface area contributed by atoms with E-state index in [0.717, 1.165) is 12.1 Å². The Balaban J connectivity index is 2.26. The van der Waals surface area contributed by atoms with E-state index >= 15 is 0 Å². The van der Waals surface area contributed by atoms with Crippen LogP contribution in [0.15, 0.2) is 42.5 Å². The molecular formula is C23H24ClF4NO2. The first kappa shape index (κ1) is 23.5. The van der Waals surface area contributed by atoms with Crippen molar-refractivity contribution >= 4 is 17.6 Å². The van der Waals surface area contributed by atoms with E-state index in [4.69, 9.17) is 11.6 Å². The number of benzene rings is 2. The normalized spacial score (nSPS) is 24.4. The molecule has 1 aliphatic rings. The average molecular weight is 458 g/mol. The van der Waals surface area contributed by atoms with Gasteiger partial charge in [-0.05, 0) is 47.2 Å². The van der Waals surface area contributed by atoms with Gasteiger partial charge in [0.2, 0.25) is 0 Å². The molecule has 31 heavy (non-hydrogen) atoms. The third-order valence-corrected chi connectivity index (χ3v) is 5.85. The number of alkyl halides is 3. The highest BCUT2D eigenvalue weighted by Gasteiger charge is 2.51. The van der Waals surface area contributed by atoms with Gasteiger partial charge < -0.3 is 10.4 Å². The lowest BCUT2D eigenvalue weighted by atomic mass is 9.73. The zero-order chi connectivity index (χ0) is 23.1. The average Bonchev–Trinajstić information content (AvgIpc) is 3.00. The van der Waals surface area contributed by atoms with Crippen molar-refractivity contribution in [3.63, 3.8) is 0 Å². The Morgan fingerprint density at radius 2 is 1.71 bits per heavy atom. The predicted molar refractivity (Wildman–Crippen MR) is 111 cm³/mol. The van der Waals surface area contributed by atoms with Crippen LogP contribution >= 0.6 is 11.6 Å². The smallest absolute Gasteiger partial charge is 0.416 e. The Bertz CT molecular complexity index is 971. The quantitative estimate of drug-likeness (QED) is 0.535. The van der Waals surface area contributed by atoms with Crippen LogP contribution in [0.25, 0.3) is 0 Å².